The summed E-state index contributed by atoms with van der Waals surface area (Å²) in [5, 5.41) is 0. The van der Waals surface area contributed by atoms with E-state index < -0.39 is 0 Å². The largest absolute Gasteiger partial charge is 0.461 e. The van der Waals surface area contributed by atoms with Gasteiger partial charge in [0.15, 0.2) is 0 Å². The molecule has 2 saturated carbocycles. The van der Waals surface area contributed by atoms with Gasteiger partial charge < -0.3 is 4.74 Å². The molecule has 0 amide bonds. The molecule has 2 heteroatoms. The van der Waals surface area contributed by atoms with Gasteiger partial charge in [-0.3, -0.25) is 4.79 Å². The van der Waals surface area contributed by atoms with E-state index in [9.17, 15) is 4.79 Å². The van der Waals surface area contributed by atoms with Gasteiger partial charge in [-0.25, -0.2) is 0 Å². The fraction of sp³-hybridized carbons (Fsp3) is 0.706. The van der Waals surface area contributed by atoms with E-state index in [0.717, 1.165) is 23.8 Å². The Balaban J connectivity index is 1.84. The van der Waals surface area contributed by atoms with Crippen LogP contribution in [0.5, 0.6) is 0 Å². The molecule has 2 bridgehead atoms. The van der Waals surface area contributed by atoms with Crippen molar-refractivity contribution in [3.05, 3.63) is 23.8 Å². The van der Waals surface area contributed by atoms with Crippen LogP contribution in [0.4, 0.5) is 0 Å². The van der Waals surface area contributed by atoms with Crippen molar-refractivity contribution in [2.24, 2.45) is 17.3 Å². The molecular formula is C17H26O2. The van der Waals surface area contributed by atoms with Crippen molar-refractivity contribution in [2.75, 3.05) is 6.61 Å². The van der Waals surface area contributed by atoms with Gasteiger partial charge in [0, 0.05) is 6.92 Å². The van der Waals surface area contributed by atoms with E-state index in [1.165, 1.54) is 38.2 Å². The van der Waals surface area contributed by atoms with Crippen LogP contribution >= 0.6 is 0 Å². The molecule has 0 spiro atoms. The molecule has 0 saturated heterocycles. The summed E-state index contributed by atoms with van der Waals surface area (Å²) in [6, 6.07) is 0. The van der Waals surface area contributed by atoms with Gasteiger partial charge in [0.1, 0.15) is 6.61 Å². The SMILES string of the molecule is C=C1[C@H]2CC[C@H](C2)[C@]1(C)CC/C=C(\C)COC(C)=O. The number of hydrogen-bond acceptors (Lipinski definition) is 2. The van der Waals surface area contributed by atoms with Crippen LogP contribution in [0.1, 0.15) is 52.9 Å². The zero-order valence-corrected chi connectivity index (χ0v) is 12.5. The number of esters is 1. The lowest BCUT2D eigenvalue weighted by Gasteiger charge is -2.36. The van der Waals surface area contributed by atoms with Gasteiger partial charge in [-0.15, -0.1) is 0 Å². The molecule has 2 aliphatic carbocycles. The molecular weight excluding hydrogens is 236 g/mol. The van der Waals surface area contributed by atoms with E-state index in [4.69, 9.17) is 4.74 Å². The minimum absolute atomic E-state index is 0.207. The highest BCUT2D eigenvalue weighted by Crippen LogP contribution is 2.60. The van der Waals surface area contributed by atoms with Crippen LogP contribution in [0.25, 0.3) is 0 Å². The average Bonchev–Trinajstić information content (AvgIpc) is 2.91. The van der Waals surface area contributed by atoms with Gasteiger partial charge in [0.25, 0.3) is 0 Å². The topological polar surface area (TPSA) is 26.3 Å². The second-order valence-corrected chi connectivity index (χ2v) is 6.52. The fourth-order valence-corrected chi connectivity index (χ4v) is 3.86. The maximum Gasteiger partial charge on any atom is 0.302 e. The van der Waals surface area contributed by atoms with Crippen LogP contribution < -0.4 is 0 Å². The van der Waals surface area contributed by atoms with E-state index in [-0.39, 0.29) is 5.97 Å². The second-order valence-electron chi connectivity index (χ2n) is 6.52. The number of fused-ring (bicyclic) bond motifs is 2. The lowest BCUT2D eigenvalue weighted by molar-refractivity contribution is -0.139. The van der Waals surface area contributed by atoms with Crippen molar-refractivity contribution in [3.8, 4) is 0 Å². The molecule has 0 N–H and O–H groups in total. The highest BCUT2D eigenvalue weighted by Gasteiger charge is 2.49. The maximum atomic E-state index is 10.8. The molecule has 3 atom stereocenters. The Morgan fingerprint density at radius 3 is 2.79 bits per heavy atom. The van der Waals surface area contributed by atoms with Crippen molar-refractivity contribution in [3.63, 3.8) is 0 Å². The first-order chi connectivity index (χ1) is 8.93. The quantitative estimate of drug-likeness (QED) is 0.546. The van der Waals surface area contributed by atoms with Gasteiger partial charge in [0.2, 0.25) is 0 Å². The molecule has 0 aromatic carbocycles. The molecule has 2 rings (SSSR count). The standard InChI is InChI=1S/C17H26O2/c1-12(11-19-14(3)18)6-5-9-17(4)13(2)15-7-8-16(17)10-15/h6,15-16H,2,5,7-11H2,1,3-4H3/b12-6+/t15-,16+,17+/m0/s1. The lowest BCUT2D eigenvalue weighted by atomic mass is 9.69. The number of rotatable bonds is 5. The van der Waals surface area contributed by atoms with Crippen LogP contribution in [-0.2, 0) is 9.53 Å². The predicted octanol–water partition coefficient (Wildman–Crippen LogP) is 4.27. The summed E-state index contributed by atoms with van der Waals surface area (Å²) in [6.45, 7) is 10.7. The summed E-state index contributed by atoms with van der Waals surface area (Å²) in [6.07, 6.45) is 8.58. The van der Waals surface area contributed by atoms with Gasteiger partial charge in [-0.2, -0.15) is 0 Å². The first-order valence-corrected chi connectivity index (χ1v) is 7.41. The zero-order valence-electron chi connectivity index (χ0n) is 12.5. The highest BCUT2D eigenvalue weighted by molar-refractivity contribution is 5.66. The Labute approximate surface area is 116 Å². The summed E-state index contributed by atoms with van der Waals surface area (Å²) >= 11 is 0. The fourth-order valence-electron chi connectivity index (χ4n) is 3.86. The van der Waals surface area contributed by atoms with Crippen molar-refractivity contribution >= 4 is 5.97 Å². The number of allylic oxidation sites excluding steroid dienone is 2. The normalized spacial score (nSPS) is 33.8. The Kier molecular flexibility index (Phi) is 4.17. The molecule has 0 aromatic heterocycles. The smallest absolute Gasteiger partial charge is 0.302 e. The van der Waals surface area contributed by atoms with Crippen LogP contribution in [0.3, 0.4) is 0 Å². The molecule has 0 unspecified atom stereocenters. The van der Waals surface area contributed by atoms with Crippen molar-refractivity contribution in [1.29, 1.82) is 0 Å². The summed E-state index contributed by atoms with van der Waals surface area (Å²) in [4.78, 5) is 10.8. The Morgan fingerprint density at radius 2 is 2.21 bits per heavy atom. The van der Waals surface area contributed by atoms with E-state index >= 15 is 0 Å². The molecule has 2 fully saturated rings. The lowest BCUT2D eigenvalue weighted by Crippen LogP contribution is -2.26. The van der Waals surface area contributed by atoms with E-state index in [2.05, 4.69) is 19.6 Å². The van der Waals surface area contributed by atoms with Crippen LogP contribution in [0.2, 0.25) is 0 Å². The third-order valence-corrected chi connectivity index (χ3v) is 5.22. The highest BCUT2D eigenvalue weighted by atomic mass is 16.5. The molecule has 0 aliphatic heterocycles. The number of hydrogen-bond donors (Lipinski definition) is 0. The Bertz CT molecular complexity index is 407. The van der Waals surface area contributed by atoms with Crippen molar-refractivity contribution in [2.45, 2.75) is 52.9 Å². The summed E-state index contributed by atoms with van der Waals surface area (Å²) in [5.74, 6) is 1.44. The van der Waals surface area contributed by atoms with Crippen LogP contribution in [0.15, 0.2) is 23.8 Å². The summed E-state index contributed by atoms with van der Waals surface area (Å²) in [7, 11) is 0. The second kappa shape index (κ2) is 5.52. The molecule has 0 radical (unpaired) electrons. The number of carbonyl (C=O) groups is 1. The minimum atomic E-state index is -0.207. The van der Waals surface area contributed by atoms with E-state index in [1.807, 2.05) is 6.92 Å². The van der Waals surface area contributed by atoms with Crippen molar-refractivity contribution in [1.82, 2.24) is 0 Å². The zero-order chi connectivity index (χ0) is 14.0. The monoisotopic (exact) mass is 262 g/mol. The molecule has 0 heterocycles. The van der Waals surface area contributed by atoms with Crippen molar-refractivity contribution < 1.29 is 9.53 Å². The van der Waals surface area contributed by atoms with E-state index in [0.29, 0.717) is 12.0 Å². The predicted molar refractivity (Wildman–Crippen MR) is 77.7 cm³/mol. The van der Waals surface area contributed by atoms with E-state index in [1.54, 1.807) is 0 Å². The summed E-state index contributed by atoms with van der Waals surface area (Å²) in [5.41, 5.74) is 2.99. The Hall–Kier alpha value is -1.05. The molecule has 19 heavy (non-hydrogen) atoms. The third kappa shape index (κ3) is 2.93. The molecule has 2 nitrogen and oxygen atoms in total. The number of carbonyl (C=O) groups excluding carboxylic acids is 1. The minimum Gasteiger partial charge on any atom is -0.461 e. The number of ether oxygens (including phenoxy) is 1. The van der Waals surface area contributed by atoms with Crippen LogP contribution in [-0.4, -0.2) is 12.6 Å². The first kappa shape index (κ1) is 14.4. The average molecular weight is 262 g/mol. The van der Waals surface area contributed by atoms with Gasteiger partial charge >= 0.3 is 5.97 Å². The van der Waals surface area contributed by atoms with Gasteiger partial charge in [-0.05, 0) is 61.9 Å². The van der Waals surface area contributed by atoms with Gasteiger partial charge in [0.05, 0.1) is 0 Å². The Morgan fingerprint density at radius 1 is 1.47 bits per heavy atom. The molecule has 0 aromatic rings. The molecule has 2 aliphatic rings. The summed E-state index contributed by atoms with van der Waals surface area (Å²) < 4.78 is 5.00. The molecule has 106 valence electrons. The van der Waals surface area contributed by atoms with Crippen LogP contribution in [0, 0.1) is 17.3 Å². The maximum absolute atomic E-state index is 10.8. The third-order valence-electron chi connectivity index (χ3n) is 5.22. The van der Waals surface area contributed by atoms with Gasteiger partial charge in [-0.1, -0.05) is 25.2 Å². The first-order valence-electron chi connectivity index (χ1n) is 7.41.